The highest BCUT2D eigenvalue weighted by Crippen LogP contribution is 2.53. The number of hydrogen-bond acceptors (Lipinski definition) is 3. The largest absolute Gasteiger partial charge is 0.325 e. The van der Waals surface area contributed by atoms with Gasteiger partial charge in [0.25, 0.3) is 0 Å². The first-order valence-corrected chi connectivity index (χ1v) is 5.04. The zero-order chi connectivity index (χ0) is 10.4. The second-order valence-corrected chi connectivity index (χ2v) is 4.85. The van der Waals surface area contributed by atoms with Gasteiger partial charge < -0.3 is 5.73 Å². The molecule has 0 aliphatic heterocycles. The van der Waals surface area contributed by atoms with Crippen LogP contribution in [0.3, 0.4) is 0 Å². The molecule has 1 aliphatic carbocycles. The third-order valence-electron chi connectivity index (χ3n) is 3.25. The predicted octanol–water partition coefficient (Wildman–Crippen LogP) is 1.55. The SMILES string of the molecule is Cc1cnc(C2(C(C)(C)N)CC2)cn1. The molecule has 1 heterocycles. The highest BCUT2D eigenvalue weighted by atomic mass is 14.9. The summed E-state index contributed by atoms with van der Waals surface area (Å²) in [5.41, 5.74) is 8.07. The maximum atomic E-state index is 6.18. The van der Waals surface area contributed by atoms with E-state index >= 15 is 0 Å². The first kappa shape index (κ1) is 9.59. The maximum Gasteiger partial charge on any atom is 0.0666 e. The molecule has 14 heavy (non-hydrogen) atoms. The van der Waals surface area contributed by atoms with Crippen LogP contribution < -0.4 is 5.73 Å². The van der Waals surface area contributed by atoms with Gasteiger partial charge >= 0.3 is 0 Å². The summed E-state index contributed by atoms with van der Waals surface area (Å²) in [6, 6.07) is 0. The van der Waals surface area contributed by atoms with Gasteiger partial charge in [0.2, 0.25) is 0 Å². The van der Waals surface area contributed by atoms with Crippen molar-refractivity contribution in [2.24, 2.45) is 5.73 Å². The molecule has 1 aromatic heterocycles. The van der Waals surface area contributed by atoms with Gasteiger partial charge in [-0.2, -0.15) is 0 Å². The molecule has 1 aliphatic rings. The Bertz CT molecular complexity index is 331. The molecule has 0 spiro atoms. The molecule has 1 aromatic rings. The molecule has 3 nitrogen and oxygen atoms in total. The molecule has 0 saturated heterocycles. The minimum Gasteiger partial charge on any atom is -0.325 e. The van der Waals surface area contributed by atoms with Crippen molar-refractivity contribution in [1.82, 2.24) is 9.97 Å². The van der Waals surface area contributed by atoms with E-state index in [0.717, 1.165) is 24.2 Å². The lowest BCUT2D eigenvalue weighted by Crippen LogP contribution is -2.45. The van der Waals surface area contributed by atoms with Gasteiger partial charge in [-0.15, -0.1) is 0 Å². The van der Waals surface area contributed by atoms with Crippen molar-refractivity contribution in [2.75, 3.05) is 0 Å². The van der Waals surface area contributed by atoms with Crippen LogP contribution in [0.25, 0.3) is 0 Å². The topological polar surface area (TPSA) is 51.8 Å². The van der Waals surface area contributed by atoms with E-state index in [2.05, 4.69) is 23.8 Å². The number of aromatic nitrogens is 2. The van der Waals surface area contributed by atoms with Crippen LogP contribution in [-0.2, 0) is 5.41 Å². The summed E-state index contributed by atoms with van der Waals surface area (Å²) in [5.74, 6) is 0. The average molecular weight is 191 g/mol. The van der Waals surface area contributed by atoms with Crippen LogP contribution in [0.1, 0.15) is 38.1 Å². The minimum absolute atomic E-state index is 0.0771. The Morgan fingerprint density at radius 1 is 1.29 bits per heavy atom. The third-order valence-corrected chi connectivity index (χ3v) is 3.25. The molecule has 1 saturated carbocycles. The quantitative estimate of drug-likeness (QED) is 0.771. The summed E-state index contributed by atoms with van der Waals surface area (Å²) in [4.78, 5) is 8.72. The van der Waals surface area contributed by atoms with Gasteiger partial charge in [-0.3, -0.25) is 9.97 Å². The van der Waals surface area contributed by atoms with Crippen LogP contribution in [0.5, 0.6) is 0 Å². The molecule has 1 fully saturated rings. The number of nitrogens with zero attached hydrogens (tertiary/aromatic N) is 2. The Hall–Kier alpha value is -0.960. The van der Waals surface area contributed by atoms with Gasteiger partial charge in [-0.05, 0) is 33.6 Å². The van der Waals surface area contributed by atoms with Crippen molar-refractivity contribution >= 4 is 0 Å². The molecular weight excluding hydrogens is 174 g/mol. The van der Waals surface area contributed by atoms with Crippen molar-refractivity contribution in [3.05, 3.63) is 23.8 Å². The summed E-state index contributed by atoms with van der Waals surface area (Å²) in [5, 5.41) is 0. The fraction of sp³-hybridized carbons (Fsp3) is 0.636. The first-order chi connectivity index (χ1) is 6.46. The predicted molar refractivity (Wildman–Crippen MR) is 55.9 cm³/mol. The lowest BCUT2D eigenvalue weighted by atomic mass is 9.82. The van der Waals surface area contributed by atoms with E-state index < -0.39 is 0 Å². The molecule has 0 amide bonds. The molecule has 2 N–H and O–H groups in total. The van der Waals surface area contributed by atoms with E-state index in [-0.39, 0.29) is 11.0 Å². The fourth-order valence-corrected chi connectivity index (χ4v) is 2.00. The number of nitrogens with two attached hydrogens (primary N) is 1. The van der Waals surface area contributed by atoms with E-state index in [1.165, 1.54) is 0 Å². The monoisotopic (exact) mass is 191 g/mol. The van der Waals surface area contributed by atoms with Gasteiger partial charge in [0.15, 0.2) is 0 Å². The molecule has 2 rings (SSSR count). The number of hydrogen-bond donors (Lipinski definition) is 1. The highest BCUT2D eigenvalue weighted by molar-refractivity contribution is 5.29. The van der Waals surface area contributed by atoms with Crippen molar-refractivity contribution in [3.8, 4) is 0 Å². The Morgan fingerprint density at radius 2 is 1.93 bits per heavy atom. The van der Waals surface area contributed by atoms with E-state index in [0.29, 0.717) is 0 Å². The summed E-state index contributed by atoms with van der Waals surface area (Å²) >= 11 is 0. The van der Waals surface area contributed by atoms with Crippen LogP contribution in [0, 0.1) is 6.92 Å². The lowest BCUT2D eigenvalue weighted by Gasteiger charge is -2.29. The Labute approximate surface area is 84.8 Å². The second kappa shape index (κ2) is 2.76. The average Bonchev–Trinajstić information content (AvgIpc) is 2.84. The molecule has 0 radical (unpaired) electrons. The molecule has 76 valence electrons. The Morgan fingerprint density at radius 3 is 2.29 bits per heavy atom. The normalized spacial score (nSPS) is 19.4. The van der Waals surface area contributed by atoms with E-state index in [1.807, 2.05) is 19.3 Å². The molecular formula is C11H17N3. The van der Waals surface area contributed by atoms with Gasteiger partial charge in [0, 0.05) is 23.3 Å². The van der Waals surface area contributed by atoms with Crippen molar-refractivity contribution in [2.45, 2.75) is 44.6 Å². The van der Waals surface area contributed by atoms with E-state index in [4.69, 9.17) is 5.73 Å². The summed E-state index contributed by atoms with van der Waals surface area (Å²) in [6.07, 6.45) is 5.96. The van der Waals surface area contributed by atoms with E-state index in [1.54, 1.807) is 0 Å². The lowest BCUT2D eigenvalue weighted by molar-refractivity contribution is 0.383. The molecule has 0 aromatic carbocycles. The van der Waals surface area contributed by atoms with Crippen LogP contribution >= 0.6 is 0 Å². The van der Waals surface area contributed by atoms with Crippen LogP contribution in [-0.4, -0.2) is 15.5 Å². The van der Waals surface area contributed by atoms with Gasteiger partial charge in [0.1, 0.15) is 0 Å². The minimum atomic E-state index is -0.197. The third kappa shape index (κ3) is 1.32. The maximum absolute atomic E-state index is 6.18. The summed E-state index contributed by atoms with van der Waals surface area (Å²) in [6.45, 7) is 6.09. The highest BCUT2D eigenvalue weighted by Gasteiger charge is 2.55. The Kier molecular flexibility index (Phi) is 1.89. The zero-order valence-corrected chi connectivity index (χ0v) is 9.04. The van der Waals surface area contributed by atoms with Crippen LogP contribution in [0.15, 0.2) is 12.4 Å². The molecule has 0 atom stereocenters. The Balaban J connectivity index is 2.36. The fourth-order valence-electron chi connectivity index (χ4n) is 2.00. The smallest absolute Gasteiger partial charge is 0.0666 e. The van der Waals surface area contributed by atoms with E-state index in [9.17, 15) is 0 Å². The molecule has 0 bridgehead atoms. The van der Waals surface area contributed by atoms with Gasteiger partial charge in [0.05, 0.1) is 11.4 Å². The molecule has 3 heteroatoms. The second-order valence-electron chi connectivity index (χ2n) is 4.85. The van der Waals surface area contributed by atoms with Crippen LogP contribution in [0.4, 0.5) is 0 Å². The van der Waals surface area contributed by atoms with Gasteiger partial charge in [-0.25, -0.2) is 0 Å². The van der Waals surface area contributed by atoms with Crippen molar-refractivity contribution in [3.63, 3.8) is 0 Å². The van der Waals surface area contributed by atoms with Crippen molar-refractivity contribution < 1.29 is 0 Å². The first-order valence-electron chi connectivity index (χ1n) is 5.04. The number of aryl methyl sites for hydroxylation is 1. The number of rotatable bonds is 2. The summed E-state index contributed by atoms with van der Waals surface area (Å²) < 4.78 is 0. The summed E-state index contributed by atoms with van der Waals surface area (Å²) in [7, 11) is 0. The molecule has 0 unspecified atom stereocenters. The standard InChI is InChI=1S/C11H17N3/c1-8-6-14-9(7-13-8)11(4-5-11)10(2,3)12/h6-7H,4-5,12H2,1-3H3. The zero-order valence-electron chi connectivity index (χ0n) is 9.04. The van der Waals surface area contributed by atoms with Crippen LogP contribution in [0.2, 0.25) is 0 Å². The van der Waals surface area contributed by atoms with Gasteiger partial charge in [-0.1, -0.05) is 0 Å². The van der Waals surface area contributed by atoms with Crippen molar-refractivity contribution in [1.29, 1.82) is 0 Å².